The maximum Gasteiger partial charge on any atom is 0.333 e. The van der Waals surface area contributed by atoms with Crippen molar-refractivity contribution >= 4 is 11.7 Å². The number of hydrogen-bond acceptors (Lipinski definition) is 4. The summed E-state index contributed by atoms with van der Waals surface area (Å²) in [6.07, 6.45) is 4.86. The minimum atomic E-state index is -2.78. The van der Waals surface area contributed by atoms with Crippen LogP contribution in [0.25, 0.3) is 11.3 Å². The fraction of sp³-hybridized carbons (Fsp3) is 0.471. The Morgan fingerprint density at radius 1 is 1.36 bits per heavy atom. The molecule has 2 aromatic heterocycles. The van der Waals surface area contributed by atoms with Crippen LogP contribution in [0.4, 0.5) is 14.5 Å². The van der Waals surface area contributed by atoms with Crippen LogP contribution in [0.15, 0.2) is 24.5 Å². The molecule has 0 fully saturated rings. The van der Waals surface area contributed by atoms with Crippen LogP contribution in [0.3, 0.4) is 0 Å². The fourth-order valence-electron chi connectivity index (χ4n) is 2.69. The van der Waals surface area contributed by atoms with Crippen LogP contribution in [-0.4, -0.2) is 25.8 Å². The van der Waals surface area contributed by atoms with E-state index in [1.54, 1.807) is 25.3 Å². The number of aromatic nitrogens is 3. The van der Waals surface area contributed by atoms with E-state index in [1.165, 1.54) is 6.20 Å². The van der Waals surface area contributed by atoms with Crippen LogP contribution in [0, 0.1) is 5.92 Å². The number of carboxylic acid groups (broad SMARTS) is 1. The Kier molecular flexibility index (Phi) is 6.06. The van der Waals surface area contributed by atoms with E-state index in [0.29, 0.717) is 16.7 Å². The summed E-state index contributed by atoms with van der Waals surface area (Å²) in [6, 6.07) is 3.35. The lowest BCUT2D eigenvalue weighted by atomic mass is 9.95. The van der Waals surface area contributed by atoms with Crippen molar-refractivity contribution in [3.8, 4) is 11.3 Å². The molecular formula is C17H22F2N4O2. The molecule has 0 saturated carbocycles. The second-order valence-electron chi connectivity index (χ2n) is 6.21. The van der Waals surface area contributed by atoms with Crippen LogP contribution >= 0.6 is 0 Å². The molecule has 0 aromatic carbocycles. The van der Waals surface area contributed by atoms with Crippen LogP contribution in [0.1, 0.15) is 51.3 Å². The number of alkyl halides is 2. The highest BCUT2D eigenvalue weighted by Crippen LogP contribution is 2.31. The van der Waals surface area contributed by atoms with Gasteiger partial charge in [0.05, 0.1) is 23.5 Å². The van der Waals surface area contributed by atoms with Crippen molar-refractivity contribution in [2.24, 2.45) is 5.92 Å². The zero-order valence-corrected chi connectivity index (χ0v) is 14.2. The van der Waals surface area contributed by atoms with Crippen LogP contribution in [0.2, 0.25) is 0 Å². The lowest BCUT2D eigenvalue weighted by molar-refractivity contribution is -0.141. The summed E-state index contributed by atoms with van der Waals surface area (Å²) < 4.78 is 26.7. The number of nitrogen functional groups attached to an aromatic ring is 1. The van der Waals surface area contributed by atoms with Crippen LogP contribution in [0.5, 0.6) is 0 Å². The molecule has 25 heavy (non-hydrogen) atoms. The Balaban J connectivity index is 2.14. The summed E-state index contributed by atoms with van der Waals surface area (Å²) in [4.78, 5) is 15.2. The Hall–Kier alpha value is -2.51. The van der Waals surface area contributed by atoms with Gasteiger partial charge in [0, 0.05) is 17.5 Å². The SMILES string of the molecule is CC(CCCC(C)c1cc(-c2c(N)cnn2C(F)F)ccn1)C(=O)O. The molecule has 0 bridgehead atoms. The molecule has 0 aliphatic heterocycles. The van der Waals surface area contributed by atoms with E-state index in [-0.39, 0.29) is 23.2 Å². The van der Waals surface area contributed by atoms with Gasteiger partial charge in [0.15, 0.2) is 0 Å². The third-order valence-corrected chi connectivity index (χ3v) is 4.26. The highest BCUT2D eigenvalue weighted by atomic mass is 19.3. The maximum atomic E-state index is 13.1. The third kappa shape index (κ3) is 4.52. The van der Waals surface area contributed by atoms with Gasteiger partial charge in [-0.05, 0) is 30.9 Å². The number of rotatable bonds is 8. The van der Waals surface area contributed by atoms with Gasteiger partial charge in [0.1, 0.15) is 0 Å². The number of carbonyl (C=O) groups is 1. The zero-order valence-electron chi connectivity index (χ0n) is 14.2. The third-order valence-electron chi connectivity index (χ3n) is 4.26. The largest absolute Gasteiger partial charge is 0.481 e. The minimum absolute atomic E-state index is 0.0742. The first-order valence-electron chi connectivity index (χ1n) is 8.11. The number of pyridine rings is 1. The number of nitrogens with two attached hydrogens (primary N) is 1. The highest BCUT2D eigenvalue weighted by Gasteiger charge is 2.19. The van der Waals surface area contributed by atoms with Gasteiger partial charge in [-0.15, -0.1) is 0 Å². The molecule has 0 saturated heterocycles. The van der Waals surface area contributed by atoms with E-state index in [1.807, 2.05) is 6.92 Å². The predicted octanol–water partition coefficient (Wildman–Crippen LogP) is 3.92. The number of carboxylic acids is 1. The molecule has 2 heterocycles. The molecule has 0 radical (unpaired) electrons. The average Bonchev–Trinajstić information content (AvgIpc) is 2.96. The molecule has 0 aliphatic rings. The summed E-state index contributed by atoms with van der Waals surface area (Å²) >= 11 is 0. The van der Waals surface area contributed by atoms with Crippen molar-refractivity contribution in [3.05, 3.63) is 30.2 Å². The zero-order chi connectivity index (χ0) is 18.6. The molecule has 0 amide bonds. The second kappa shape index (κ2) is 8.04. The predicted molar refractivity (Wildman–Crippen MR) is 90.2 cm³/mol. The van der Waals surface area contributed by atoms with Gasteiger partial charge in [-0.2, -0.15) is 13.9 Å². The number of aliphatic carboxylic acids is 1. The molecule has 0 spiro atoms. The molecule has 2 aromatic rings. The number of hydrogen-bond donors (Lipinski definition) is 2. The fourth-order valence-corrected chi connectivity index (χ4v) is 2.69. The van der Waals surface area contributed by atoms with Gasteiger partial charge >= 0.3 is 12.5 Å². The van der Waals surface area contributed by atoms with Crippen molar-refractivity contribution in [1.82, 2.24) is 14.8 Å². The first kappa shape index (κ1) is 18.8. The van der Waals surface area contributed by atoms with E-state index >= 15 is 0 Å². The molecule has 3 N–H and O–H groups in total. The van der Waals surface area contributed by atoms with Crippen LogP contribution < -0.4 is 5.73 Å². The van der Waals surface area contributed by atoms with Crippen molar-refractivity contribution in [3.63, 3.8) is 0 Å². The first-order chi connectivity index (χ1) is 11.8. The van der Waals surface area contributed by atoms with Gasteiger partial charge < -0.3 is 10.8 Å². The van der Waals surface area contributed by atoms with Crippen molar-refractivity contribution in [1.29, 1.82) is 0 Å². The Morgan fingerprint density at radius 2 is 2.08 bits per heavy atom. The van der Waals surface area contributed by atoms with E-state index < -0.39 is 12.5 Å². The topological polar surface area (TPSA) is 94.0 Å². The average molecular weight is 352 g/mol. The number of halogens is 2. The van der Waals surface area contributed by atoms with E-state index in [2.05, 4.69) is 10.1 Å². The highest BCUT2D eigenvalue weighted by molar-refractivity contribution is 5.72. The molecule has 2 atom stereocenters. The normalized spacial score (nSPS) is 13.8. The van der Waals surface area contributed by atoms with Crippen LogP contribution in [-0.2, 0) is 4.79 Å². The second-order valence-corrected chi connectivity index (χ2v) is 6.21. The van der Waals surface area contributed by atoms with Gasteiger partial charge in [0.25, 0.3) is 0 Å². The van der Waals surface area contributed by atoms with Gasteiger partial charge in [-0.1, -0.05) is 20.3 Å². The number of nitrogens with zero attached hydrogens (tertiary/aromatic N) is 3. The molecule has 2 rings (SSSR count). The maximum absolute atomic E-state index is 13.1. The standard InChI is InChI=1S/C17H22F2N4O2/c1-10(4-3-5-11(2)16(24)25)14-8-12(6-7-21-14)15-13(20)9-22-23(15)17(18)19/h6-11,17H,3-5,20H2,1-2H3,(H,24,25). The lowest BCUT2D eigenvalue weighted by Gasteiger charge is -2.14. The summed E-state index contributed by atoms with van der Waals surface area (Å²) in [5, 5.41) is 12.5. The smallest absolute Gasteiger partial charge is 0.333 e. The Bertz CT molecular complexity index is 733. The first-order valence-corrected chi connectivity index (χ1v) is 8.11. The molecular weight excluding hydrogens is 330 g/mol. The molecule has 2 unspecified atom stereocenters. The Labute approximate surface area is 144 Å². The summed E-state index contributed by atoms with van der Waals surface area (Å²) in [5.74, 6) is -1.11. The van der Waals surface area contributed by atoms with E-state index in [9.17, 15) is 13.6 Å². The number of anilines is 1. The summed E-state index contributed by atoms with van der Waals surface area (Å²) in [5.41, 5.74) is 7.42. The van der Waals surface area contributed by atoms with Crippen molar-refractivity contribution in [2.45, 2.75) is 45.6 Å². The summed E-state index contributed by atoms with van der Waals surface area (Å²) in [7, 11) is 0. The van der Waals surface area contributed by atoms with Gasteiger partial charge in [0.2, 0.25) is 0 Å². The summed E-state index contributed by atoms with van der Waals surface area (Å²) in [6.45, 7) is 0.879. The molecule has 8 heteroatoms. The molecule has 0 aliphatic carbocycles. The van der Waals surface area contributed by atoms with E-state index in [0.717, 1.165) is 18.5 Å². The van der Waals surface area contributed by atoms with Gasteiger partial charge in [-0.3, -0.25) is 9.78 Å². The molecule has 6 nitrogen and oxygen atoms in total. The quantitative estimate of drug-likeness (QED) is 0.751. The van der Waals surface area contributed by atoms with Crippen molar-refractivity contribution in [2.75, 3.05) is 5.73 Å². The Morgan fingerprint density at radius 3 is 2.72 bits per heavy atom. The van der Waals surface area contributed by atoms with E-state index in [4.69, 9.17) is 10.8 Å². The van der Waals surface area contributed by atoms with Crippen molar-refractivity contribution < 1.29 is 18.7 Å². The minimum Gasteiger partial charge on any atom is -0.481 e. The lowest BCUT2D eigenvalue weighted by Crippen LogP contribution is -2.09. The molecule has 136 valence electrons. The monoisotopic (exact) mass is 352 g/mol. The van der Waals surface area contributed by atoms with Gasteiger partial charge in [-0.25, -0.2) is 4.68 Å².